The van der Waals surface area contributed by atoms with Crippen LogP contribution in [0.3, 0.4) is 0 Å². The Hall–Kier alpha value is -3.36. The zero-order valence-electron chi connectivity index (χ0n) is 17.4. The summed E-state index contributed by atoms with van der Waals surface area (Å²) >= 11 is 3.93. The number of benzene rings is 1. The highest BCUT2D eigenvalue weighted by Crippen LogP contribution is 2.12. The molecule has 0 fully saturated rings. The summed E-state index contributed by atoms with van der Waals surface area (Å²) in [5.74, 6) is -5.19. The summed E-state index contributed by atoms with van der Waals surface area (Å²) in [6, 6.07) is 0.254. The summed E-state index contributed by atoms with van der Waals surface area (Å²) in [6.45, 7) is -0.906. The van der Waals surface area contributed by atoms with E-state index in [0.29, 0.717) is 5.56 Å². The Morgan fingerprint density at radius 3 is 1.91 bits per heavy atom. The lowest BCUT2D eigenvalue weighted by atomic mass is 10.0. The predicted molar refractivity (Wildman–Crippen MR) is 118 cm³/mol. The van der Waals surface area contributed by atoms with Crippen molar-refractivity contribution >= 4 is 42.2 Å². The summed E-state index contributed by atoms with van der Waals surface area (Å²) in [7, 11) is 0. The maximum atomic E-state index is 12.8. The van der Waals surface area contributed by atoms with Crippen LogP contribution in [0.1, 0.15) is 12.0 Å². The first kappa shape index (κ1) is 27.7. The van der Waals surface area contributed by atoms with Gasteiger partial charge in [0.25, 0.3) is 0 Å². The van der Waals surface area contributed by atoms with Crippen LogP contribution in [0.25, 0.3) is 0 Å². The van der Waals surface area contributed by atoms with Gasteiger partial charge in [-0.25, -0.2) is 4.79 Å². The number of hydrogen-bond donors (Lipinski definition) is 9. The lowest BCUT2D eigenvalue weighted by molar-refractivity contribution is -0.144. The third-order valence-electron chi connectivity index (χ3n) is 4.38. The van der Waals surface area contributed by atoms with Crippen LogP contribution in [0.15, 0.2) is 24.3 Å². The van der Waals surface area contributed by atoms with E-state index < -0.39 is 66.8 Å². The monoisotopic (exact) mass is 485 g/mol. The lowest BCUT2D eigenvalue weighted by Gasteiger charge is -2.24. The molecule has 1 aromatic carbocycles. The number of carboxylic acid groups (broad SMARTS) is 1. The molecule has 182 valence electrons. The number of carboxylic acids is 1. The van der Waals surface area contributed by atoms with Gasteiger partial charge in [0.2, 0.25) is 23.6 Å². The average Bonchev–Trinajstić information content (AvgIpc) is 2.76. The Morgan fingerprint density at radius 1 is 0.909 bits per heavy atom. The van der Waals surface area contributed by atoms with Crippen LogP contribution < -0.4 is 27.4 Å². The fraction of sp³-hybridized carbons (Fsp3) is 0.421. The molecule has 14 heteroatoms. The van der Waals surface area contributed by atoms with Gasteiger partial charge in [-0.2, -0.15) is 12.6 Å². The van der Waals surface area contributed by atoms with Crippen molar-refractivity contribution < 1.29 is 39.3 Å². The number of carbonyl (C=O) groups excluding carboxylic acids is 4. The van der Waals surface area contributed by atoms with Crippen molar-refractivity contribution in [2.45, 2.75) is 37.0 Å². The largest absolute Gasteiger partial charge is 0.508 e. The third-order valence-corrected chi connectivity index (χ3v) is 4.77. The summed E-state index contributed by atoms with van der Waals surface area (Å²) in [5, 5.41) is 34.7. The first-order valence-corrected chi connectivity index (χ1v) is 10.3. The summed E-state index contributed by atoms with van der Waals surface area (Å²) < 4.78 is 0. The molecule has 4 amide bonds. The molecule has 0 saturated heterocycles. The Morgan fingerprint density at radius 2 is 1.42 bits per heavy atom. The van der Waals surface area contributed by atoms with Crippen molar-refractivity contribution in [2.24, 2.45) is 11.5 Å². The first-order chi connectivity index (χ1) is 15.5. The van der Waals surface area contributed by atoms with Gasteiger partial charge >= 0.3 is 5.97 Å². The number of amides is 4. The maximum absolute atomic E-state index is 12.8. The van der Waals surface area contributed by atoms with Crippen molar-refractivity contribution in [1.82, 2.24) is 16.0 Å². The van der Waals surface area contributed by atoms with Crippen LogP contribution in [0, 0.1) is 0 Å². The minimum absolute atomic E-state index is 0.00249. The minimum atomic E-state index is -1.66. The quantitative estimate of drug-likeness (QED) is 0.126. The standard InChI is InChI=1S/C19H27N5O8S/c20-11(8-33)16(28)22-12(5-9-1-3-10(26)4-2-9)17(29)24-14(7-25)18(30)23-13(19(31)32)6-15(21)27/h1-4,11-14,25-26,33H,5-8,20H2,(H2,21,27)(H,22,28)(H,23,30)(H,24,29)(H,31,32). The topological polar surface area (TPSA) is 234 Å². The number of phenolic OH excluding ortho intramolecular Hbond substituents is 1. The Bertz CT molecular complexity index is 866. The van der Waals surface area contributed by atoms with E-state index in [4.69, 9.17) is 16.6 Å². The van der Waals surface area contributed by atoms with Gasteiger partial charge in [0.05, 0.1) is 19.1 Å². The van der Waals surface area contributed by atoms with Gasteiger partial charge in [0.1, 0.15) is 23.9 Å². The Balaban J connectivity index is 2.99. The van der Waals surface area contributed by atoms with Gasteiger partial charge in [-0.3, -0.25) is 19.2 Å². The van der Waals surface area contributed by atoms with Gasteiger partial charge in [-0.1, -0.05) is 12.1 Å². The number of rotatable bonds is 13. The number of aromatic hydroxyl groups is 1. The molecule has 0 heterocycles. The van der Waals surface area contributed by atoms with Gasteiger partial charge in [-0.15, -0.1) is 0 Å². The van der Waals surface area contributed by atoms with Crippen molar-refractivity contribution in [3.8, 4) is 5.75 Å². The van der Waals surface area contributed by atoms with Crippen LogP contribution in [-0.2, 0) is 30.4 Å². The number of nitrogens with one attached hydrogen (secondary N) is 3. The van der Waals surface area contributed by atoms with Crippen LogP contribution in [-0.4, -0.2) is 81.4 Å². The molecular formula is C19H27N5O8S. The molecule has 0 aromatic heterocycles. The molecule has 0 aliphatic carbocycles. The number of aliphatic carboxylic acids is 1. The van der Waals surface area contributed by atoms with E-state index in [2.05, 4.69) is 23.3 Å². The molecular weight excluding hydrogens is 458 g/mol. The fourth-order valence-electron chi connectivity index (χ4n) is 2.58. The van der Waals surface area contributed by atoms with E-state index in [1.807, 2.05) is 5.32 Å². The number of hydrogen-bond acceptors (Lipinski definition) is 9. The van der Waals surface area contributed by atoms with E-state index in [0.717, 1.165) is 0 Å². The predicted octanol–water partition coefficient (Wildman–Crippen LogP) is -3.40. The molecule has 0 bridgehead atoms. The number of aliphatic hydroxyl groups excluding tert-OH is 1. The number of nitrogens with two attached hydrogens (primary N) is 2. The molecule has 1 aromatic rings. The number of phenols is 1. The summed E-state index contributed by atoms with van der Waals surface area (Å²) in [6.07, 6.45) is -0.759. The molecule has 4 unspecified atom stereocenters. The maximum Gasteiger partial charge on any atom is 0.326 e. The molecule has 13 nitrogen and oxygen atoms in total. The number of carbonyl (C=O) groups is 5. The first-order valence-electron chi connectivity index (χ1n) is 9.65. The van der Waals surface area contributed by atoms with Crippen LogP contribution in [0.4, 0.5) is 0 Å². The van der Waals surface area contributed by atoms with Gasteiger partial charge in [0, 0.05) is 12.2 Å². The number of primary amides is 1. The summed E-state index contributed by atoms with van der Waals surface area (Å²) in [5.41, 5.74) is 11.1. The van der Waals surface area contributed by atoms with Crippen molar-refractivity contribution in [2.75, 3.05) is 12.4 Å². The van der Waals surface area contributed by atoms with Gasteiger partial charge in [-0.05, 0) is 17.7 Å². The Kier molecular flexibility index (Phi) is 11.1. The van der Waals surface area contributed by atoms with Crippen LogP contribution in [0.2, 0.25) is 0 Å². The zero-order chi connectivity index (χ0) is 25.1. The van der Waals surface area contributed by atoms with Crippen LogP contribution >= 0.6 is 12.6 Å². The Labute approximate surface area is 194 Å². The molecule has 0 radical (unpaired) electrons. The van der Waals surface area contributed by atoms with E-state index in [9.17, 15) is 34.2 Å². The molecule has 4 atom stereocenters. The second-order valence-corrected chi connectivity index (χ2v) is 7.40. The smallest absolute Gasteiger partial charge is 0.326 e. The molecule has 33 heavy (non-hydrogen) atoms. The lowest BCUT2D eigenvalue weighted by Crippen LogP contribution is -2.58. The SMILES string of the molecule is NC(=O)CC(NC(=O)C(CO)NC(=O)C(Cc1ccc(O)cc1)NC(=O)C(N)CS)C(=O)O. The highest BCUT2D eigenvalue weighted by atomic mass is 32.1. The van der Waals surface area contributed by atoms with E-state index >= 15 is 0 Å². The number of aliphatic hydroxyl groups is 1. The second-order valence-electron chi connectivity index (χ2n) is 7.03. The van der Waals surface area contributed by atoms with Gasteiger partial charge < -0.3 is 42.7 Å². The molecule has 1 rings (SSSR count). The zero-order valence-corrected chi connectivity index (χ0v) is 18.3. The van der Waals surface area contributed by atoms with Crippen LogP contribution in [0.5, 0.6) is 5.75 Å². The normalized spacial score (nSPS) is 14.3. The molecule has 0 aliphatic rings. The second kappa shape index (κ2) is 13.2. The molecule has 0 spiro atoms. The van der Waals surface area contributed by atoms with E-state index in [1.54, 1.807) is 0 Å². The average molecular weight is 486 g/mol. The van der Waals surface area contributed by atoms with Crippen molar-refractivity contribution in [3.63, 3.8) is 0 Å². The third kappa shape index (κ3) is 9.34. The van der Waals surface area contributed by atoms with E-state index in [-0.39, 0.29) is 17.9 Å². The van der Waals surface area contributed by atoms with Gasteiger partial charge in [0.15, 0.2) is 0 Å². The molecule has 0 saturated carbocycles. The highest BCUT2D eigenvalue weighted by molar-refractivity contribution is 7.80. The van der Waals surface area contributed by atoms with Crippen molar-refractivity contribution in [3.05, 3.63) is 29.8 Å². The minimum Gasteiger partial charge on any atom is -0.508 e. The molecule has 0 aliphatic heterocycles. The highest BCUT2D eigenvalue weighted by Gasteiger charge is 2.30. The molecule has 10 N–H and O–H groups in total. The van der Waals surface area contributed by atoms with E-state index in [1.165, 1.54) is 24.3 Å². The number of thiol groups is 1. The fourth-order valence-corrected chi connectivity index (χ4v) is 2.74. The van der Waals surface area contributed by atoms with Crippen molar-refractivity contribution in [1.29, 1.82) is 0 Å². The summed E-state index contributed by atoms with van der Waals surface area (Å²) in [4.78, 5) is 59.6.